The van der Waals surface area contributed by atoms with Crippen molar-refractivity contribution in [2.75, 3.05) is 26.2 Å². The Morgan fingerprint density at radius 1 is 1.30 bits per heavy atom. The number of aliphatic hydroxyl groups is 1. The van der Waals surface area contributed by atoms with E-state index in [0.29, 0.717) is 13.1 Å². The summed E-state index contributed by atoms with van der Waals surface area (Å²) in [6.45, 7) is 9.81. The van der Waals surface area contributed by atoms with Crippen LogP contribution < -0.4 is 4.74 Å². The van der Waals surface area contributed by atoms with Crippen molar-refractivity contribution >= 4 is 0 Å². The number of ether oxygens (including phenoxy) is 1. The first-order chi connectivity index (χ1) is 9.49. The largest absolute Gasteiger partial charge is 0.490 e. The van der Waals surface area contributed by atoms with Gasteiger partial charge in [0, 0.05) is 6.54 Å². The third-order valence-electron chi connectivity index (χ3n) is 3.50. The van der Waals surface area contributed by atoms with Crippen LogP contribution in [0, 0.1) is 32.1 Å². The normalized spacial score (nSPS) is 12.2. The minimum Gasteiger partial charge on any atom is -0.490 e. The van der Waals surface area contributed by atoms with Crippen molar-refractivity contribution in [3.05, 3.63) is 28.8 Å². The molecule has 4 nitrogen and oxygen atoms in total. The summed E-state index contributed by atoms with van der Waals surface area (Å²) in [7, 11) is 0. The minimum atomic E-state index is -0.595. The van der Waals surface area contributed by atoms with Crippen molar-refractivity contribution in [1.82, 2.24) is 4.90 Å². The molecule has 1 atom stereocenters. The minimum absolute atomic E-state index is 0.243. The Morgan fingerprint density at radius 3 is 2.55 bits per heavy atom. The Hall–Kier alpha value is -1.57. The van der Waals surface area contributed by atoms with Gasteiger partial charge in [0.25, 0.3) is 0 Å². The molecule has 0 radical (unpaired) electrons. The summed E-state index contributed by atoms with van der Waals surface area (Å²) in [6, 6.07) is 6.19. The molecule has 0 fully saturated rings. The molecule has 0 aromatic heterocycles. The van der Waals surface area contributed by atoms with Crippen LogP contribution in [0.1, 0.15) is 23.6 Å². The van der Waals surface area contributed by atoms with Gasteiger partial charge in [0.15, 0.2) is 0 Å². The van der Waals surface area contributed by atoms with Crippen molar-refractivity contribution < 1.29 is 9.84 Å². The Bertz CT molecular complexity index is 480. The highest BCUT2D eigenvalue weighted by atomic mass is 16.5. The Labute approximate surface area is 121 Å². The highest BCUT2D eigenvalue weighted by Crippen LogP contribution is 2.25. The molecule has 20 heavy (non-hydrogen) atoms. The van der Waals surface area contributed by atoms with Crippen molar-refractivity contribution in [3.63, 3.8) is 0 Å². The van der Waals surface area contributed by atoms with Gasteiger partial charge < -0.3 is 9.84 Å². The van der Waals surface area contributed by atoms with Crippen LogP contribution in [0.4, 0.5) is 0 Å². The molecule has 0 saturated heterocycles. The number of hydrogen-bond donors (Lipinski definition) is 1. The van der Waals surface area contributed by atoms with E-state index in [4.69, 9.17) is 10.00 Å². The summed E-state index contributed by atoms with van der Waals surface area (Å²) in [4.78, 5) is 1.89. The first-order valence-electron chi connectivity index (χ1n) is 6.96. The topological polar surface area (TPSA) is 56.5 Å². The average molecular weight is 276 g/mol. The van der Waals surface area contributed by atoms with Gasteiger partial charge in [-0.05, 0) is 44.0 Å². The molecule has 0 amide bonds. The molecule has 0 aliphatic heterocycles. The van der Waals surface area contributed by atoms with Crippen molar-refractivity contribution in [1.29, 1.82) is 5.26 Å². The molecule has 1 unspecified atom stereocenters. The van der Waals surface area contributed by atoms with Crippen molar-refractivity contribution in [3.8, 4) is 11.8 Å². The Balaban J connectivity index is 2.59. The van der Waals surface area contributed by atoms with Crippen LogP contribution in [0.15, 0.2) is 12.1 Å². The quantitative estimate of drug-likeness (QED) is 0.776. The highest BCUT2D eigenvalue weighted by molar-refractivity contribution is 5.44. The zero-order valence-electron chi connectivity index (χ0n) is 12.8. The highest BCUT2D eigenvalue weighted by Gasteiger charge is 2.13. The molecule has 0 saturated carbocycles. The van der Waals surface area contributed by atoms with Crippen LogP contribution in [0.2, 0.25) is 0 Å². The molecule has 1 rings (SSSR count). The summed E-state index contributed by atoms with van der Waals surface area (Å²) < 4.78 is 5.77. The summed E-state index contributed by atoms with van der Waals surface area (Å²) in [5.74, 6) is 0.854. The van der Waals surface area contributed by atoms with Crippen molar-refractivity contribution in [2.45, 2.75) is 33.8 Å². The predicted molar refractivity (Wildman–Crippen MR) is 79.9 cm³/mol. The first-order valence-corrected chi connectivity index (χ1v) is 6.96. The molecule has 1 aromatic rings. The molecule has 110 valence electrons. The number of likely N-dealkylation sites (N-methyl/N-ethyl adjacent to an activating group) is 1. The summed E-state index contributed by atoms with van der Waals surface area (Å²) >= 11 is 0. The van der Waals surface area contributed by atoms with Gasteiger partial charge in [-0.15, -0.1) is 0 Å². The Kier molecular flexibility index (Phi) is 6.50. The van der Waals surface area contributed by atoms with Gasteiger partial charge in [0.1, 0.15) is 18.5 Å². The summed E-state index contributed by atoms with van der Waals surface area (Å²) in [5.41, 5.74) is 3.37. The third-order valence-corrected chi connectivity index (χ3v) is 3.50. The lowest BCUT2D eigenvalue weighted by molar-refractivity contribution is 0.0735. The molecule has 1 aromatic carbocycles. The summed E-state index contributed by atoms with van der Waals surface area (Å²) in [6.07, 6.45) is -0.595. The number of hydrogen-bond acceptors (Lipinski definition) is 4. The number of rotatable bonds is 7. The molecule has 1 N–H and O–H groups in total. The second kappa shape index (κ2) is 7.88. The fraction of sp³-hybridized carbons (Fsp3) is 0.562. The van der Waals surface area contributed by atoms with E-state index in [2.05, 4.69) is 12.1 Å². The lowest BCUT2D eigenvalue weighted by Crippen LogP contribution is -2.35. The smallest absolute Gasteiger partial charge is 0.125 e. The van der Waals surface area contributed by atoms with Gasteiger partial charge in [-0.3, -0.25) is 4.90 Å². The SMILES string of the molecule is CCN(CC#N)CC(O)COc1c(C)ccc(C)c1C. The molecular weight excluding hydrogens is 252 g/mol. The van der Waals surface area contributed by atoms with Crippen LogP contribution in [-0.2, 0) is 0 Å². The standard InChI is InChI=1S/C16H24N2O2/c1-5-18(9-8-17)10-15(19)11-20-16-13(3)7-6-12(2)14(16)4/h6-7,15,19H,5,9-11H2,1-4H3. The van der Waals surface area contributed by atoms with Crippen molar-refractivity contribution in [2.24, 2.45) is 0 Å². The van der Waals surface area contributed by atoms with E-state index in [9.17, 15) is 5.11 Å². The van der Waals surface area contributed by atoms with Crippen LogP contribution in [0.25, 0.3) is 0 Å². The molecule has 4 heteroatoms. The molecular formula is C16H24N2O2. The van der Waals surface area contributed by atoms with Gasteiger partial charge in [-0.25, -0.2) is 0 Å². The lowest BCUT2D eigenvalue weighted by atomic mass is 10.1. The number of benzene rings is 1. The first kappa shape index (κ1) is 16.5. The Morgan fingerprint density at radius 2 is 1.95 bits per heavy atom. The van der Waals surface area contributed by atoms with Crippen LogP contribution in [0.3, 0.4) is 0 Å². The lowest BCUT2D eigenvalue weighted by Gasteiger charge is -2.22. The monoisotopic (exact) mass is 276 g/mol. The third kappa shape index (κ3) is 4.52. The average Bonchev–Trinajstić information content (AvgIpc) is 2.42. The maximum Gasteiger partial charge on any atom is 0.125 e. The zero-order valence-corrected chi connectivity index (χ0v) is 12.8. The van der Waals surface area contributed by atoms with E-state index in [-0.39, 0.29) is 6.61 Å². The van der Waals surface area contributed by atoms with E-state index in [0.717, 1.165) is 23.4 Å². The van der Waals surface area contributed by atoms with E-state index in [1.165, 1.54) is 5.56 Å². The molecule has 0 heterocycles. The van der Waals surface area contributed by atoms with Crippen LogP contribution in [-0.4, -0.2) is 42.4 Å². The van der Waals surface area contributed by atoms with Gasteiger partial charge in [0.2, 0.25) is 0 Å². The van der Waals surface area contributed by atoms with E-state index < -0.39 is 6.10 Å². The molecule has 0 aliphatic rings. The summed E-state index contributed by atoms with van der Waals surface area (Å²) in [5, 5.41) is 18.7. The predicted octanol–water partition coefficient (Wildman–Crippen LogP) is 2.20. The number of aryl methyl sites for hydroxylation is 2. The van der Waals surface area contributed by atoms with E-state index >= 15 is 0 Å². The zero-order chi connectivity index (χ0) is 15.1. The second-order valence-corrected chi connectivity index (χ2v) is 5.10. The van der Waals surface area contributed by atoms with Gasteiger partial charge in [-0.2, -0.15) is 5.26 Å². The van der Waals surface area contributed by atoms with Gasteiger partial charge in [-0.1, -0.05) is 19.1 Å². The van der Waals surface area contributed by atoms with Crippen LogP contribution in [0.5, 0.6) is 5.75 Å². The molecule has 0 spiro atoms. The maximum atomic E-state index is 10.0. The molecule has 0 bridgehead atoms. The molecule has 0 aliphatic carbocycles. The van der Waals surface area contributed by atoms with Crippen LogP contribution >= 0.6 is 0 Å². The number of aliphatic hydroxyl groups excluding tert-OH is 1. The number of nitrogens with zero attached hydrogens (tertiary/aromatic N) is 2. The maximum absolute atomic E-state index is 10.0. The van der Waals surface area contributed by atoms with Gasteiger partial charge in [0.05, 0.1) is 12.6 Å². The number of nitriles is 1. The van der Waals surface area contributed by atoms with E-state index in [1.807, 2.05) is 38.7 Å². The fourth-order valence-corrected chi connectivity index (χ4v) is 2.08. The van der Waals surface area contributed by atoms with E-state index in [1.54, 1.807) is 0 Å². The second-order valence-electron chi connectivity index (χ2n) is 5.10. The fourth-order valence-electron chi connectivity index (χ4n) is 2.08. The van der Waals surface area contributed by atoms with Gasteiger partial charge >= 0.3 is 0 Å².